The summed E-state index contributed by atoms with van der Waals surface area (Å²) in [5.74, 6) is -0.630. The van der Waals surface area contributed by atoms with Crippen LogP contribution in [-0.4, -0.2) is 20.3 Å². The van der Waals surface area contributed by atoms with Gasteiger partial charge < -0.3 is 15.8 Å². The second-order valence-electron chi connectivity index (χ2n) is 1.29. The van der Waals surface area contributed by atoms with E-state index in [4.69, 9.17) is 5.73 Å². The van der Waals surface area contributed by atoms with Crippen LogP contribution in [0.15, 0.2) is 0 Å². The average molecular weight is 129 g/mol. The fourth-order valence-corrected chi connectivity index (χ4v) is 0.368. The number of aromatic nitrogens is 3. The highest BCUT2D eigenvalue weighted by atomic mass is 16.6. The number of nitrogens with two attached hydrogens (primary N) is 1. The number of nitro groups is 1. The van der Waals surface area contributed by atoms with Gasteiger partial charge in [0.1, 0.15) is 0 Å². The zero-order chi connectivity index (χ0) is 6.85. The van der Waals surface area contributed by atoms with Crippen LogP contribution >= 0.6 is 0 Å². The van der Waals surface area contributed by atoms with E-state index in [2.05, 4.69) is 10.2 Å². The van der Waals surface area contributed by atoms with Gasteiger partial charge in [0, 0.05) is 0 Å². The molecule has 7 nitrogen and oxygen atoms in total. The first-order valence-corrected chi connectivity index (χ1v) is 2.02. The predicted octanol–water partition coefficient (Wildman–Crippen LogP) is -0.705. The molecule has 1 rings (SSSR count). The van der Waals surface area contributed by atoms with Gasteiger partial charge in [0.25, 0.3) is 0 Å². The third-order valence-corrected chi connectivity index (χ3v) is 0.728. The maximum Gasteiger partial charge on any atom is 0.433 e. The molecule has 0 aliphatic heterocycles. The van der Waals surface area contributed by atoms with Crippen molar-refractivity contribution in [3.05, 3.63) is 10.1 Å². The van der Waals surface area contributed by atoms with Crippen molar-refractivity contribution in [3.8, 4) is 0 Å². The highest BCUT2D eigenvalue weighted by Crippen LogP contribution is 2.10. The molecule has 0 saturated heterocycles. The fourth-order valence-electron chi connectivity index (χ4n) is 0.368. The van der Waals surface area contributed by atoms with Gasteiger partial charge in [-0.3, -0.25) is 0 Å². The molecule has 0 saturated carbocycles. The van der Waals surface area contributed by atoms with Crippen molar-refractivity contribution in [3.63, 3.8) is 0 Å². The van der Waals surface area contributed by atoms with Gasteiger partial charge in [-0.2, -0.15) is 0 Å². The normalized spacial score (nSPS) is 9.33. The number of nitrogens with zero attached hydrogens (tertiary/aromatic N) is 3. The minimum Gasteiger partial charge on any atom is -0.375 e. The Hall–Kier alpha value is -1.66. The Bertz CT molecular complexity index is 229. The molecule has 0 radical (unpaired) electrons. The Labute approximate surface area is 49.0 Å². The summed E-state index contributed by atoms with van der Waals surface area (Å²) in [7, 11) is 0. The zero-order valence-electron chi connectivity index (χ0n) is 4.24. The first-order valence-electron chi connectivity index (χ1n) is 2.02. The molecule has 1 heterocycles. The lowest BCUT2D eigenvalue weighted by Gasteiger charge is -1.83. The van der Waals surface area contributed by atoms with Crippen molar-refractivity contribution in [2.75, 3.05) is 5.73 Å². The van der Waals surface area contributed by atoms with E-state index in [0.717, 1.165) is 0 Å². The average Bonchev–Trinajstić information content (AvgIpc) is 2.13. The smallest absolute Gasteiger partial charge is 0.375 e. The molecule has 0 spiro atoms. The van der Waals surface area contributed by atoms with Gasteiger partial charge in [0.2, 0.25) is 5.82 Å². The lowest BCUT2D eigenvalue weighted by atomic mass is 10.7. The van der Waals surface area contributed by atoms with Crippen molar-refractivity contribution in [2.45, 2.75) is 0 Å². The topological polar surface area (TPSA) is 111 Å². The van der Waals surface area contributed by atoms with Crippen LogP contribution in [0.5, 0.6) is 0 Å². The molecule has 0 atom stereocenters. The number of rotatable bonds is 1. The molecule has 7 heteroatoms. The van der Waals surface area contributed by atoms with E-state index in [1.165, 1.54) is 0 Å². The van der Waals surface area contributed by atoms with Crippen LogP contribution in [0.25, 0.3) is 0 Å². The summed E-state index contributed by atoms with van der Waals surface area (Å²) in [4.78, 5) is 9.18. The summed E-state index contributed by atoms with van der Waals surface area (Å²) < 4.78 is 0. The minimum atomic E-state index is -0.709. The monoisotopic (exact) mass is 129 g/mol. The standard InChI is InChI=1S/C2H3N5O2/c3-1-2(7(8)9)5-6-4-1/h(H3,3,4,5,6). The lowest BCUT2D eigenvalue weighted by molar-refractivity contribution is -0.388. The molecule has 0 amide bonds. The third-order valence-electron chi connectivity index (χ3n) is 0.728. The van der Waals surface area contributed by atoms with E-state index >= 15 is 0 Å². The first kappa shape index (κ1) is 5.48. The molecular weight excluding hydrogens is 126 g/mol. The second kappa shape index (κ2) is 1.69. The molecule has 0 unspecified atom stereocenters. The number of nitrogen functional groups attached to an aromatic ring is 1. The highest BCUT2D eigenvalue weighted by Gasteiger charge is 2.14. The van der Waals surface area contributed by atoms with Gasteiger partial charge in [0.05, 0.1) is 5.10 Å². The second-order valence-corrected chi connectivity index (χ2v) is 1.29. The summed E-state index contributed by atoms with van der Waals surface area (Å²) in [5.41, 5.74) is 4.99. The number of hydrogen-bond acceptors (Lipinski definition) is 5. The minimum absolute atomic E-state index is 0.194. The van der Waals surface area contributed by atoms with Crippen molar-refractivity contribution in [2.24, 2.45) is 0 Å². The van der Waals surface area contributed by atoms with E-state index in [1.54, 1.807) is 0 Å². The molecule has 9 heavy (non-hydrogen) atoms. The van der Waals surface area contributed by atoms with Crippen LogP contribution < -0.4 is 5.73 Å². The summed E-state index contributed by atoms with van der Waals surface area (Å²) in [5, 5.41) is 18.3. The van der Waals surface area contributed by atoms with E-state index < -0.39 is 10.7 Å². The number of aromatic amines is 1. The molecule has 0 fully saturated rings. The number of hydrogen-bond donors (Lipinski definition) is 2. The summed E-state index contributed by atoms with van der Waals surface area (Å²) in [6.07, 6.45) is 0. The molecule has 3 N–H and O–H groups in total. The van der Waals surface area contributed by atoms with Gasteiger partial charge >= 0.3 is 5.82 Å². The zero-order valence-corrected chi connectivity index (χ0v) is 4.24. The number of anilines is 1. The number of nitrogens with one attached hydrogen (secondary N) is 1. The maximum atomic E-state index is 9.89. The van der Waals surface area contributed by atoms with Gasteiger partial charge in [-0.05, 0) is 4.92 Å². The van der Waals surface area contributed by atoms with Crippen LogP contribution in [0.2, 0.25) is 0 Å². The quantitative estimate of drug-likeness (QED) is 0.384. The summed E-state index contributed by atoms with van der Waals surface area (Å²) in [6, 6.07) is 0. The van der Waals surface area contributed by atoms with E-state index in [9.17, 15) is 10.1 Å². The number of H-pyrrole nitrogens is 1. The van der Waals surface area contributed by atoms with Crippen LogP contribution in [0, 0.1) is 10.1 Å². The molecule has 1 aromatic rings. The SMILES string of the molecule is Nc1n[nH]nc1[N+](=O)[O-]. The molecule has 1 aromatic heterocycles. The van der Waals surface area contributed by atoms with Gasteiger partial charge in [-0.1, -0.05) is 5.21 Å². The Morgan fingerprint density at radius 1 is 1.67 bits per heavy atom. The lowest BCUT2D eigenvalue weighted by Crippen LogP contribution is -1.93. The highest BCUT2D eigenvalue weighted by molar-refractivity contribution is 5.43. The Morgan fingerprint density at radius 2 is 2.33 bits per heavy atom. The van der Waals surface area contributed by atoms with E-state index in [0.29, 0.717) is 0 Å². The summed E-state index contributed by atoms with van der Waals surface area (Å²) >= 11 is 0. The van der Waals surface area contributed by atoms with Crippen LogP contribution in [0.4, 0.5) is 11.6 Å². The molecule has 0 aliphatic carbocycles. The van der Waals surface area contributed by atoms with Gasteiger partial charge in [-0.15, -0.1) is 5.10 Å². The largest absolute Gasteiger partial charge is 0.433 e. The molecule has 0 bridgehead atoms. The molecular formula is C2H3N5O2. The van der Waals surface area contributed by atoms with Crippen LogP contribution in [0.1, 0.15) is 0 Å². The van der Waals surface area contributed by atoms with E-state index in [1.807, 2.05) is 5.21 Å². The van der Waals surface area contributed by atoms with Gasteiger partial charge in [0.15, 0.2) is 0 Å². The third kappa shape index (κ3) is 0.784. The van der Waals surface area contributed by atoms with Crippen molar-refractivity contribution >= 4 is 11.6 Å². The first-order chi connectivity index (χ1) is 4.22. The van der Waals surface area contributed by atoms with Gasteiger partial charge in [-0.25, -0.2) is 0 Å². The Kier molecular flexibility index (Phi) is 1.03. The Balaban J connectivity index is 3.08. The Morgan fingerprint density at radius 3 is 2.56 bits per heavy atom. The molecule has 0 aromatic carbocycles. The van der Waals surface area contributed by atoms with Crippen LogP contribution in [0.3, 0.4) is 0 Å². The van der Waals surface area contributed by atoms with Crippen molar-refractivity contribution in [1.82, 2.24) is 15.4 Å². The van der Waals surface area contributed by atoms with Crippen LogP contribution in [-0.2, 0) is 0 Å². The van der Waals surface area contributed by atoms with Crippen molar-refractivity contribution in [1.29, 1.82) is 0 Å². The van der Waals surface area contributed by atoms with E-state index in [-0.39, 0.29) is 5.82 Å². The predicted molar refractivity (Wildman–Crippen MR) is 27.4 cm³/mol. The van der Waals surface area contributed by atoms with Crippen molar-refractivity contribution < 1.29 is 4.92 Å². The summed E-state index contributed by atoms with van der Waals surface area (Å²) in [6.45, 7) is 0. The molecule has 0 aliphatic rings. The fraction of sp³-hybridized carbons (Fsp3) is 0. The molecule has 48 valence electrons. The maximum absolute atomic E-state index is 9.89.